The van der Waals surface area contributed by atoms with Crippen molar-refractivity contribution < 1.29 is 23.9 Å². The van der Waals surface area contributed by atoms with E-state index in [1.165, 1.54) is 0 Å². The maximum Gasteiger partial charge on any atom is 0.325 e. The van der Waals surface area contributed by atoms with Gasteiger partial charge in [0.15, 0.2) is 0 Å². The number of nitrogens with one attached hydrogen (secondary N) is 2. The van der Waals surface area contributed by atoms with Crippen molar-refractivity contribution in [3.8, 4) is 0 Å². The molecule has 9 nitrogen and oxygen atoms in total. The van der Waals surface area contributed by atoms with Crippen LogP contribution in [0.5, 0.6) is 0 Å². The third-order valence-electron chi connectivity index (χ3n) is 8.39. The summed E-state index contributed by atoms with van der Waals surface area (Å²) in [5.74, 6) is -0.203. The Morgan fingerprint density at radius 1 is 1.11 bits per heavy atom. The zero-order chi connectivity index (χ0) is 25.9. The first-order chi connectivity index (χ1) is 17.1. The highest BCUT2D eigenvalue weighted by atomic mass is 16.5. The van der Waals surface area contributed by atoms with Crippen LogP contribution in [0.1, 0.15) is 68.8 Å². The van der Waals surface area contributed by atoms with Crippen LogP contribution in [-0.4, -0.2) is 71.9 Å². The second-order valence-corrected chi connectivity index (χ2v) is 10.9. The van der Waals surface area contributed by atoms with Gasteiger partial charge in [-0.25, -0.2) is 4.79 Å². The van der Waals surface area contributed by atoms with Gasteiger partial charge >= 0.3 is 6.03 Å². The maximum absolute atomic E-state index is 13.2. The van der Waals surface area contributed by atoms with Crippen molar-refractivity contribution in [1.82, 2.24) is 20.4 Å². The van der Waals surface area contributed by atoms with Gasteiger partial charge in [-0.3, -0.25) is 19.3 Å². The smallest absolute Gasteiger partial charge is 0.325 e. The summed E-state index contributed by atoms with van der Waals surface area (Å²) in [5, 5.41) is 5.68. The summed E-state index contributed by atoms with van der Waals surface area (Å²) >= 11 is 0. The quantitative estimate of drug-likeness (QED) is 0.562. The van der Waals surface area contributed by atoms with Crippen molar-refractivity contribution in [3.63, 3.8) is 0 Å². The molecule has 2 saturated heterocycles. The average molecular weight is 499 g/mol. The first-order valence-corrected chi connectivity index (χ1v) is 13.0. The molecule has 2 N–H and O–H groups in total. The molecule has 0 radical (unpaired) electrons. The maximum atomic E-state index is 13.2. The van der Waals surface area contributed by atoms with Gasteiger partial charge in [-0.1, -0.05) is 39.3 Å². The van der Waals surface area contributed by atoms with Crippen molar-refractivity contribution >= 4 is 23.8 Å². The number of morpholine rings is 1. The third-order valence-corrected chi connectivity index (χ3v) is 8.39. The van der Waals surface area contributed by atoms with E-state index in [4.69, 9.17) is 4.74 Å². The van der Waals surface area contributed by atoms with Gasteiger partial charge in [0.2, 0.25) is 5.91 Å². The minimum absolute atomic E-state index is 0.0336. The lowest BCUT2D eigenvalue weighted by Crippen LogP contribution is -2.51. The van der Waals surface area contributed by atoms with E-state index in [1.807, 2.05) is 0 Å². The van der Waals surface area contributed by atoms with Gasteiger partial charge in [-0.2, -0.15) is 0 Å². The Labute approximate surface area is 212 Å². The molecule has 1 spiro atoms. The van der Waals surface area contributed by atoms with E-state index in [1.54, 1.807) is 29.2 Å². The molecule has 2 aliphatic heterocycles. The lowest BCUT2D eigenvalue weighted by atomic mass is 9.65. The molecule has 1 saturated carbocycles. The first kappa shape index (κ1) is 26.1. The highest BCUT2D eigenvalue weighted by Crippen LogP contribution is 2.45. The number of hydrogen-bond donors (Lipinski definition) is 2. The summed E-state index contributed by atoms with van der Waals surface area (Å²) in [5.41, 5.74) is 0.752. The van der Waals surface area contributed by atoms with Crippen molar-refractivity contribution in [2.24, 2.45) is 11.3 Å². The third kappa shape index (κ3) is 5.40. The molecule has 0 aromatic heterocycles. The number of urea groups is 1. The summed E-state index contributed by atoms with van der Waals surface area (Å²) in [6.45, 7) is 8.91. The van der Waals surface area contributed by atoms with Crippen LogP contribution in [-0.2, 0) is 20.9 Å². The number of benzene rings is 1. The summed E-state index contributed by atoms with van der Waals surface area (Å²) in [4.78, 5) is 53.7. The minimum atomic E-state index is -0.874. The van der Waals surface area contributed by atoms with E-state index in [-0.39, 0.29) is 30.3 Å². The van der Waals surface area contributed by atoms with Crippen LogP contribution in [0.3, 0.4) is 0 Å². The number of imide groups is 1. The summed E-state index contributed by atoms with van der Waals surface area (Å²) in [7, 11) is 0. The standard InChI is InChI=1S/C27H38N4O5/c1-4-26(2,3)21-9-11-27(12-10-21)24(34)31(25(35)29-27)18-22(32)28-17-19-5-7-20(8-6-19)23(33)30-13-15-36-16-14-30/h5-8,21H,4,9-18H2,1-3H3,(H,28,32)(H,29,35). The monoisotopic (exact) mass is 498 g/mol. The molecular weight excluding hydrogens is 460 g/mol. The zero-order valence-corrected chi connectivity index (χ0v) is 21.6. The Bertz CT molecular complexity index is 992. The van der Waals surface area contributed by atoms with Crippen LogP contribution in [0.2, 0.25) is 0 Å². The highest BCUT2D eigenvalue weighted by molar-refractivity contribution is 6.09. The van der Waals surface area contributed by atoms with Gasteiger partial charge in [0, 0.05) is 25.2 Å². The van der Waals surface area contributed by atoms with Crippen LogP contribution >= 0.6 is 0 Å². The van der Waals surface area contributed by atoms with Gasteiger partial charge in [0.1, 0.15) is 12.1 Å². The molecule has 0 atom stereocenters. The van der Waals surface area contributed by atoms with E-state index >= 15 is 0 Å². The van der Waals surface area contributed by atoms with Gasteiger partial charge in [-0.05, 0) is 54.7 Å². The van der Waals surface area contributed by atoms with Gasteiger partial charge in [0.05, 0.1) is 13.2 Å². The Hall–Kier alpha value is -2.94. The fraction of sp³-hybridized carbons (Fsp3) is 0.630. The average Bonchev–Trinajstić information content (AvgIpc) is 3.11. The van der Waals surface area contributed by atoms with Crippen LogP contribution in [0.15, 0.2) is 24.3 Å². The van der Waals surface area contributed by atoms with Crippen LogP contribution < -0.4 is 10.6 Å². The van der Waals surface area contributed by atoms with E-state index < -0.39 is 17.5 Å². The van der Waals surface area contributed by atoms with E-state index in [0.717, 1.165) is 29.7 Å². The predicted octanol–water partition coefficient (Wildman–Crippen LogP) is 2.69. The number of ether oxygens (including phenoxy) is 1. The minimum Gasteiger partial charge on any atom is -0.378 e. The van der Waals surface area contributed by atoms with Crippen molar-refractivity contribution in [1.29, 1.82) is 0 Å². The lowest BCUT2D eigenvalue weighted by molar-refractivity contribution is -0.136. The van der Waals surface area contributed by atoms with Crippen LogP contribution in [0.4, 0.5) is 4.79 Å². The molecule has 9 heteroatoms. The van der Waals surface area contributed by atoms with Crippen molar-refractivity contribution in [2.75, 3.05) is 32.8 Å². The fourth-order valence-electron chi connectivity index (χ4n) is 5.45. The topological polar surface area (TPSA) is 108 Å². The molecule has 1 aromatic rings. The molecule has 36 heavy (non-hydrogen) atoms. The van der Waals surface area contributed by atoms with Crippen molar-refractivity contribution in [3.05, 3.63) is 35.4 Å². The molecule has 4 rings (SSSR count). The lowest BCUT2D eigenvalue weighted by Gasteiger charge is -2.42. The largest absolute Gasteiger partial charge is 0.378 e. The molecular formula is C27H38N4O5. The van der Waals surface area contributed by atoms with E-state index in [9.17, 15) is 19.2 Å². The molecule has 1 aromatic carbocycles. The Kier molecular flexibility index (Phi) is 7.68. The second-order valence-electron chi connectivity index (χ2n) is 10.9. The molecule has 0 unspecified atom stereocenters. The summed E-state index contributed by atoms with van der Waals surface area (Å²) < 4.78 is 5.29. The molecule has 3 fully saturated rings. The summed E-state index contributed by atoms with van der Waals surface area (Å²) in [6, 6.07) is 6.60. The number of amides is 5. The van der Waals surface area contributed by atoms with E-state index in [2.05, 4.69) is 31.4 Å². The second kappa shape index (κ2) is 10.6. The van der Waals surface area contributed by atoms with Gasteiger partial charge < -0.3 is 20.3 Å². The van der Waals surface area contributed by atoms with Crippen molar-refractivity contribution in [2.45, 2.75) is 65.0 Å². The summed E-state index contributed by atoms with van der Waals surface area (Å²) in [6.07, 6.45) is 4.07. The van der Waals surface area contributed by atoms with Crippen LogP contribution in [0.25, 0.3) is 0 Å². The Morgan fingerprint density at radius 3 is 2.36 bits per heavy atom. The number of nitrogens with zero attached hydrogens (tertiary/aromatic N) is 2. The Balaban J connectivity index is 1.27. The zero-order valence-electron chi connectivity index (χ0n) is 21.6. The molecule has 2 heterocycles. The molecule has 5 amide bonds. The SMILES string of the molecule is CCC(C)(C)C1CCC2(CC1)NC(=O)N(CC(=O)NCc1ccc(C(=O)N3CCOCC3)cc1)C2=O. The number of carbonyl (C=O) groups excluding carboxylic acids is 4. The van der Waals surface area contributed by atoms with Crippen LogP contribution in [0, 0.1) is 11.3 Å². The fourth-order valence-corrected chi connectivity index (χ4v) is 5.45. The normalized spacial score (nSPS) is 24.7. The van der Waals surface area contributed by atoms with Gasteiger partial charge in [-0.15, -0.1) is 0 Å². The molecule has 196 valence electrons. The molecule has 0 bridgehead atoms. The van der Waals surface area contributed by atoms with E-state index in [0.29, 0.717) is 50.6 Å². The molecule has 3 aliphatic rings. The predicted molar refractivity (Wildman–Crippen MR) is 134 cm³/mol. The van der Waals surface area contributed by atoms with Gasteiger partial charge in [0.25, 0.3) is 11.8 Å². The number of rotatable bonds is 7. The number of hydrogen-bond acceptors (Lipinski definition) is 5. The highest BCUT2D eigenvalue weighted by Gasteiger charge is 2.53. The Morgan fingerprint density at radius 2 is 1.75 bits per heavy atom. The number of carbonyl (C=O) groups is 4. The first-order valence-electron chi connectivity index (χ1n) is 13.0. The molecule has 1 aliphatic carbocycles.